The normalized spacial score (nSPS) is 19.6. The second-order valence-corrected chi connectivity index (χ2v) is 8.40. The highest BCUT2D eigenvalue weighted by Gasteiger charge is 2.27. The summed E-state index contributed by atoms with van der Waals surface area (Å²) in [5, 5.41) is 41.6. The van der Waals surface area contributed by atoms with Gasteiger partial charge in [0.15, 0.2) is 0 Å². The third-order valence-corrected chi connectivity index (χ3v) is 5.76. The number of hydrogen-bond acceptors (Lipinski definition) is 7. The zero-order valence-electron chi connectivity index (χ0n) is 19.1. The maximum atomic E-state index is 11.8. The van der Waals surface area contributed by atoms with Crippen LogP contribution >= 0.6 is 15.9 Å². The summed E-state index contributed by atoms with van der Waals surface area (Å²) in [6.45, 7) is 2.42. The highest BCUT2D eigenvalue weighted by atomic mass is 79.9. The summed E-state index contributed by atoms with van der Waals surface area (Å²) >= 11 is 3.03. The lowest BCUT2D eigenvalue weighted by molar-refractivity contribution is -0.118. The van der Waals surface area contributed by atoms with Gasteiger partial charge in [0.25, 0.3) is 0 Å². The Morgan fingerprint density at radius 2 is 1.56 bits per heavy atom. The number of ether oxygens (including phenoxy) is 1. The van der Waals surface area contributed by atoms with Gasteiger partial charge in [-0.15, -0.1) is 0 Å². The second kappa shape index (κ2) is 15.5. The Morgan fingerprint density at radius 1 is 0.971 bits per heavy atom. The third-order valence-electron chi connectivity index (χ3n) is 5.26. The van der Waals surface area contributed by atoms with Crippen molar-refractivity contribution in [3.05, 3.63) is 0 Å². The minimum absolute atomic E-state index is 0.0179. The Balaban J connectivity index is 2.79. The molecule has 0 spiro atoms. The first-order chi connectivity index (χ1) is 16.0. The molecule has 2 atom stereocenters. The first-order valence-corrected chi connectivity index (χ1v) is 11.9. The number of halogens is 1. The van der Waals surface area contributed by atoms with Gasteiger partial charge < -0.3 is 45.2 Å². The lowest BCUT2D eigenvalue weighted by Crippen LogP contribution is -2.53. The molecule has 0 aromatic rings. The molecule has 196 valence electrons. The van der Waals surface area contributed by atoms with Gasteiger partial charge in [-0.1, -0.05) is 15.9 Å². The van der Waals surface area contributed by atoms with Gasteiger partial charge in [-0.05, 0) is 6.92 Å². The van der Waals surface area contributed by atoms with Crippen LogP contribution < -0.4 is 5.32 Å². The zero-order chi connectivity index (χ0) is 25.7. The fourth-order valence-electron chi connectivity index (χ4n) is 3.42. The first-order valence-electron chi connectivity index (χ1n) is 10.8. The molecule has 1 aliphatic rings. The average Bonchev–Trinajstić information content (AvgIpc) is 2.75. The van der Waals surface area contributed by atoms with E-state index in [-0.39, 0.29) is 83.4 Å². The highest BCUT2D eigenvalue weighted by Crippen LogP contribution is 2.08. The van der Waals surface area contributed by atoms with Crippen LogP contribution in [-0.2, 0) is 9.53 Å². The minimum Gasteiger partial charge on any atom is -0.465 e. The Kier molecular flexibility index (Phi) is 13.5. The van der Waals surface area contributed by atoms with Gasteiger partial charge in [-0.3, -0.25) is 9.69 Å². The average molecular weight is 556 g/mol. The largest absolute Gasteiger partial charge is 0.465 e. The molecule has 1 rings (SSSR count). The molecular weight excluding hydrogens is 522 g/mol. The van der Waals surface area contributed by atoms with Crippen molar-refractivity contribution >= 4 is 40.1 Å². The second-order valence-electron chi connectivity index (χ2n) is 7.84. The maximum Gasteiger partial charge on any atom is 0.407 e. The van der Waals surface area contributed by atoms with Gasteiger partial charge in [0.05, 0.1) is 24.6 Å². The van der Waals surface area contributed by atoms with Gasteiger partial charge in [-0.25, -0.2) is 14.4 Å². The summed E-state index contributed by atoms with van der Waals surface area (Å²) < 4.78 is 5.36. The van der Waals surface area contributed by atoms with Crippen molar-refractivity contribution in [2.75, 3.05) is 77.4 Å². The molecule has 15 heteroatoms. The molecule has 14 nitrogen and oxygen atoms in total. The quantitative estimate of drug-likeness (QED) is 0.193. The van der Waals surface area contributed by atoms with E-state index in [1.165, 1.54) is 0 Å². The molecule has 2 unspecified atom stereocenters. The van der Waals surface area contributed by atoms with Gasteiger partial charge >= 0.3 is 18.3 Å². The van der Waals surface area contributed by atoms with Crippen LogP contribution in [0.25, 0.3) is 0 Å². The van der Waals surface area contributed by atoms with Crippen molar-refractivity contribution in [1.29, 1.82) is 0 Å². The van der Waals surface area contributed by atoms with Crippen LogP contribution in [0.15, 0.2) is 0 Å². The van der Waals surface area contributed by atoms with E-state index in [0.29, 0.717) is 0 Å². The van der Waals surface area contributed by atoms with Crippen LogP contribution in [0.5, 0.6) is 0 Å². The number of carboxylic acid groups (broad SMARTS) is 3. The van der Waals surface area contributed by atoms with Gasteiger partial charge in [0.1, 0.15) is 0 Å². The van der Waals surface area contributed by atoms with Crippen LogP contribution in [0.4, 0.5) is 14.4 Å². The lowest BCUT2D eigenvalue weighted by Gasteiger charge is -2.35. The molecule has 1 aliphatic heterocycles. The number of nitrogens with one attached hydrogen (secondary N) is 1. The van der Waals surface area contributed by atoms with E-state index in [4.69, 9.17) is 4.74 Å². The van der Waals surface area contributed by atoms with Crippen LogP contribution in [0.2, 0.25) is 0 Å². The van der Waals surface area contributed by atoms with E-state index >= 15 is 0 Å². The molecule has 0 aromatic carbocycles. The van der Waals surface area contributed by atoms with Crippen molar-refractivity contribution < 1.29 is 44.3 Å². The van der Waals surface area contributed by atoms with E-state index in [0.717, 1.165) is 14.7 Å². The Bertz CT molecular complexity index is 687. The molecule has 1 saturated heterocycles. The summed E-state index contributed by atoms with van der Waals surface area (Å²) in [6.07, 6.45) is -4.57. The number of aliphatic hydroxyl groups is 1. The first kappa shape index (κ1) is 29.7. The molecule has 0 aromatic heterocycles. The molecular formula is C19H34BrN5O9. The lowest BCUT2D eigenvalue weighted by atomic mass is 10.2. The van der Waals surface area contributed by atoms with Gasteiger partial charge in [0.2, 0.25) is 5.91 Å². The number of carbonyl (C=O) groups is 4. The predicted octanol–water partition coefficient (Wildman–Crippen LogP) is -0.481. The van der Waals surface area contributed by atoms with Gasteiger partial charge in [0, 0.05) is 64.9 Å². The van der Waals surface area contributed by atoms with Crippen LogP contribution in [0.1, 0.15) is 6.92 Å². The molecule has 5 N–H and O–H groups in total. The molecule has 0 radical (unpaired) electrons. The fourth-order valence-corrected chi connectivity index (χ4v) is 3.62. The van der Waals surface area contributed by atoms with E-state index < -0.39 is 30.4 Å². The van der Waals surface area contributed by atoms with E-state index in [1.807, 2.05) is 0 Å². The number of alkyl halides is 1. The molecule has 4 amide bonds. The van der Waals surface area contributed by atoms with Crippen LogP contribution in [0.3, 0.4) is 0 Å². The van der Waals surface area contributed by atoms with Crippen molar-refractivity contribution in [3.63, 3.8) is 0 Å². The van der Waals surface area contributed by atoms with E-state index in [2.05, 4.69) is 21.2 Å². The Morgan fingerprint density at radius 3 is 2.15 bits per heavy atom. The maximum absolute atomic E-state index is 11.8. The minimum atomic E-state index is -1.25. The van der Waals surface area contributed by atoms with Crippen molar-refractivity contribution in [1.82, 2.24) is 24.9 Å². The number of amides is 4. The van der Waals surface area contributed by atoms with Crippen molar-refractivity contribution in [2.45, 2.75) is 19.1 Å². The molecule has 1 heterocycles. The third kappa shape index (κ3) is 11.2. The molecule has 1 fully saturated rings. The highest BCUT2D eigenvalue weighted by molar-refractivity contribution is 9.09. The monoisotopic (exact) mass is 555 g/mol. The van der Waals surface area contributed by atoms with Crippen molar-refractivity contribution in [2.24, 2.45) is 0 Å². The van der Waals surface area contributed by atoms with E-state index in [9.17, 15) is 39.6 Å². The topological polar surface area (TPSA) is 183 Å². The summed E-state index contributed by atoms with van der Waals surface area (Å²) in [4.78, 5) is 51.1. The smallest absolute Gasteiger partial charge is 0.407 e. The van der Waals surface area contributed by atoms with Gasteiger partial charge in [-0.2, -0.15) is 0 Å². The SMILES string of the molecule is CC1CN(C(=O)O)CCN(C(=O)O)CCN(CC(O)COCCNC(=O)CBr)CCN1C(=O)O. The van der Waals surface area contributed by atoms with Crippen molar-refractivity contribution in [3.8, 4) is 0 Å². The number of β-amino-alcohol motifs (C(OH)–C–C–N with tert-alkyl or cyclic N) is 1. The number of rotatable bonds is 8. The molecule has 0 bridgehead atoms. The molecule has 0 saturated carbocycles. The number of aliphatic hydroxyl groups excluding tert-OH is 1. The molecule has 0 aliphatic carbocycles. The van der Waals surface area contributed by atoms with Crippen LogP contribution in [0, 0.1) is 0 Å². The number of hydrogen-bond donors (Lipinski definition) is 5. The van der Waals surface area contributed by atoms with Crippen LogP contribution in [-0.4, -0.2) is 154 Å². The predicted molar refractivity (Wildman–Crippen MR) is 123 cm³/mol. The number of carbonyl (C=O) groups excluding carboxylic acids is 1. The summed E-state index contributed by atoms with van der Waals surface area (Å²) in [7, 11) is 0. The summed E-state index contributed by atoms with van der Waals surface area (Å²) in [6, 6.07) is -0.656. The number of nitrogens with zero attached hydrogens (tertiary/aromatic N) is 4. The zero-order valence-corrected chi connectivity index (χ0v) is 20.7. The standard InChI is InChI=1S/C19H34BrN5O9/c1-14-11-24(18(30)31)7-6-23(17(28)29)5-3-22(4-8-25(14)19(32)33)12-15(26)13-34-9-2-21-16(27)10-20/h14-15,26H,2-13H2,1H3,(H,21,27)(H,28,29)(H,30,31)(H,32,33). The Hall–Kier alpha value is -2.36. The Labute approximate surface area is 206 Å². The van der Waals surface area contributed by atoms with E-state index in [1.54, 1.807) is 11.8 Å². The summed E-state index contributed by atoms with van der Waals surface area (Å²) in [5.41, 5.74) is 0. The molecule has 34 heavy (non-hydrogen) atoms. The summed E-state index contributed by atoms with van der Waals surface area (Å²) in [5.74, 6) is -0.185. The fraction of sp³-hybridized carbons (Fsp3) is 0.789.